The van der Waals surface area contributed by atoms with Crippen LogP contribution in [0.5, 0.6) is 0 Å². The molecule has 3 nitrogen and oxygen atoms in total. The van der Waals surface area contributed by atoms with E-state index in [1.165, 1.54) is 12.1 Å². The van der Waals surface area contributed by atoms with Gasteiger partial charge in [0.1, 0.15) is 6.07 Å². The van der Waals surface area contributed by atoms with Crippen molar-refractivity contribution in [2.24, 2.45) is 0 Å². The number of benzene rings is 1. The maximum atomic E-state index is 12.8. The molecule has 0 radical (unpaired) electrons. The van der Waals surface area contributed by atoms with Crippen LogP contribution in [0, 0.1) is 11.3 Å². The fraction of sp³-hybridized carbons (Fsp3) is 0.333. The molecule has 0 saturated carbocycles. The highest BCUT2D eigenvalue weighted by Crippen LogP contribution is 2.37. The summed E-state index contributed by atoms with van der Waals surface area (Å²) in [4.78, 5) is 10.9. The average Bonchev–Trinajstić information content (AvgIpc) is 2.29. The Labute approximate surface area is 113 Å². The summed E-state index contributed by atoms with van der Waals surface area (Å²) in [5, 5.41) is 8.89. The molecule has 7 heteroatoms. The second kappa shape index (κ2) is 5.97. The highest BCUT2D eigenvalue weighted by atomic mass is 32.1. The number of hydrogen-bond donors (Lipinski definition) is 1. The van der Waals surface area contributed by atoms with Gasteiger partial charge in [0.05, 0.1) is 24.2 Å². The molecule has 1 aromatic carbocycles. The molecule has 0 fully saturated rings. The van der Waals surface area contributed by atoms with Crippen molar-refractivity contribution in [3.63, 3.8) is 0 Å². The zero-order valence-electron chi connectivity index (χ0n) is 9.91. The maximum Gasteiger partial charge on any atom is 0.418 e. The molecule has 0 bridgehead atoms. The maximum absolute atomic E-state index is 12.8. The first kappa shape index (κ1) is 15.4. The van der Waals surface area contributed by atoms with Crippen molar-refractivity contribution in [2.45, 2.75) is 24.4 Å². The van der Waals surface area contributed by atoms with E-state index in [2.05, 4.69) is 17.4 Å². The van der Waals surface area contributed by atoms with Gasteiger partial charge in [-0.3, -0.25) is 4.79 Å². The van der Waals surface area contributed by atoms with E-state index < -0.39 is 23.3 Å². The van der Waals surface area contributed by atoms with Crippen molar-refractivity contribution in [1.29, 1.82) is 5.26 Å². The van der Waals surface area contributed by atoms with Gasteiger partial charge in [-0.1, -0.05) is 6.07 Å². The number of nitrogens with zero attached hydrogens (tertiary/aromatic N) is 1. The molecule has 0 aromatic heterocycles. The largest absolute Gasteiger partial charge is 0.466 e. The molecule has 1 aromatic rings. The Morgan fingerprint density at radius 1 is 1.47 bits per heavy atom. The molecule has 102 valence electrons. The Morgan fingerprint density at radius 2 is 2.11 bits per heavy atom. The first-order valence-corrected chi connectivity index (χ1v) is 5.73. The predicted octanol–water partition coefficient (Wildman–Crippen LogP) is 2.97. The van der Waals surface area contributed by atoms with E-state index in [0.29, 0.717) is 0 Å². The lowest BCUT2D eigenvalue weighted by Gasteiger charge is -2.14. The molecule has 0 amide bonds. The number of halogens is 3. The lowest BCUT2D eigenvalue weighted by atomic mass is 9.99. The van der Waals surface area contributed by atoms with Crippen LogP contribution >= 0.6 is 12.6 Å². The summed E-state index contributed by atoms with van der Waals surface area (Å²) in [6.07, 6.45) is -5.08. The molecule has 0 saturated heterocycles. The number of carbonyl (C=O) groups is 1. The van der Waals surface area contributed by atoms with Crippen molar-refractivity contribution in [2.75, 3.05) is 6.61 Å². The molecular weight excluding hydrogens is 279 g/mol. The van der Waals surface area contributed by atoms with Gasteiger partial charge in [0.15, 0.2) is 0 Å². The van der Waals surface area contributed by atoms with Crippen LogP contribution in [0.15, 0.2) is 17.0 Å². The van der Waals surface area contributed by atoms with Gasteiger partial charge < -0.3 is 4.74 Å². The highest BCUT2D eigenvalue weighted by Gasteiger charge is 2.37. The molecule has 0 aliphatic carbocycles. The standard InChI is InChI=1S/C12H10F3NO2S/c1-2-18-10(17)5-7-3-4-9(19)11(8(7)6-16)12(13,14)15/h3-4,19H,2,5H2,1H3. The summed E-state index contributed by atoms with van der Waals surface area (Å²) >= 11 is 3.71. The van der Waals surface area contributed by atoms with Gasteiger partial charge in [-0.05, 0) is 18.6 Å². The number of alkyl halides is 3. The minimum atomic E-state index is -4.70. The van der Waals surface area contributed by atoms with Crippen molar-refractivity contribution < 1.29 is 22.7 Å². The molecule has 0 aliphatic heterocycles. The molecule has 0 heterocycles. The van der Waals surface area contributed by atoms with Gasteiger partial charge in [0.2, 0.25) is 0 Å². The number of hydrogen-bond acceptors (Lipinski definition) is 4. The van der Waals surface area contributed by atoms with E-state index in [9.17, 15) is 18.0 Å². The fourth-order valence-electron chi connectivity index (χ4n) is 1.56. The Bertz CT molecular complexity index is 535. The average molecular weight is 289 g/mol. The van der Waals surface area contributed by atoms with Gasteiger partial charge in [0.25, 0.3) is 0 Å². The van der Waals surface area contributed by atoms with Crippen LogP contribution in [-0.4, -0.2) is 12.6 Å². The minimum absolute atomic E-state index is 0.0222. The van der Waals surface area contributed by atoms with E-state index >= 15 is 0 Å². The summed E-state index contributed by atoms with van der Waals surface area (Å²) in [6, 6.07) is 3.87. The van der Waals surface area contributed by atoms with E-state index in [4.69, 9.17) is 5.26 Å². The Hall–Kier alpha value is -1.68. The van der Waals surface area contributed by atoms with Crippen molar-refractivity contribution >= 4 is 18.6 Å². The van der Waals surface area contributed by atoms with Gasteiger partial charge in [0, 0.05) is 4.90 Å². The van der Waals surface area contributed by atoms with Crippen molar-refractivity contribution in [3.8, 4) is 6.07 Å². The molecule has 1 rings (SSSR count). The van der Waals surface area contributed by atoms with E-state index in [1.54, 1.807) is 6.92 Å². The molecule has 0 unspecified atom stereocenters. The zero-order valence-corrected chi connectivity index (χ0v) is 10.8. The predicted molar refractivity (Wildman–Crippen MR) is 63.7 cm³/mol. The quantitative estimate of drug-likeness (QED) is 0.687. The molecule has 0 aliphatic rings. The topological polar surface area (TPSA) is 50.1 Å². The van der Waals surface area contributed by atoms with Crippen molar-refractivity contribution in [3.05, 3.63) is 28.8 Å². The van der Waals surface area contributed by atoms with Crippen LogP contribution in [0.25, 0.3) is 0 Å². The van der Waals surface area contributed by atoms with Crippen LogP contribution in [0.1, 0.15) is 23.6 Å². The highest BCUT2D eigenvalue weighted by molar-refractivity contribution is 7.80. The third kappa shape index (κ3) is 3.64. The lowest BCUT2D eigenvalue weighted by molar-refractivity contribution is -0.143. The third-order valence-corrected chi connectivity index (χ3v) is 2.68. The van der Waals surface area contributed by atoms with Crippen LogP contribution in [0.3, 0.4) is 0 Å². The van der Waals surface area contributed by atoms with Crippen LogP contribution in [0.2, 0.25) is 0 Å². The number of carbonyl (C=O) groups excluding carboxylic acids is 1. The number of esters is 1. The Kier molecular flexibility index (Phi) is 4.84. The van der Waals surface area contributed by atoms with Crippen LogP contribution < -0.4 is 0 Å². The van der Waals surface area contributed by atoms with Crippen molar-refractivity contribution in [1.82, 2.24) is 0 Å². The molecule has 0 atom stereocenters. The van der Waals surface area contributed by atoms with Gasteiger partial charge in [-0.2, -0.15) is 18.4 Å². The summed E-state index contributed by atoms with van der Waals surface area (Å²) in [5.74, 6) is -0.681. The first-order valence-electron chi connectivity index (χ1n) is 5.29. The zero-order chi connectivity index (χ0) is 14.6. The Balaban J connectivity index is 3.29. The second-order valence-electron chi connectivity index (χ2n) is 3.59. The van der Waals surface area contributed by atoms with Gasteiger partial charge in [-0.25, -0.2) is 0 Å². The number of nitriles is 1. The SMILES string of the molecule is CCOC(=O)Cc1ccc(S)c(C(F)(F)F)c1C#N. The molecule has 0 N–H and O–H groups in total. The van der Waals surface area contributed by atoms with E-state index in [0.717, 1.165) is 6.07 Å². The van der Waals surface area contributed by atoms with Crippen LogP contribution in [-0.2, 0) is 22.1 Å². The molecule has 0 spiro atoms. The van der Waals surface area contributed by atoms with Gasteiger partial charge in [-0.15, -0.1) is 12.6 Å². The second-order valence-corrected chi connectivity index (χ2v) is 4.07. The smallest absolute Gasteiger partial charge is 0.418 e. The summed E-state index contributed by atoms with van der Waals surface area (Å²) in [5.41, 5.74) is -1.74. The minimum Gasteiger partial charge on any atom is -0.466 e. The number of ether oxygens (including phenoxy) is 1. The summed E-state index contributed by atoms with van der Waals surface area (Å²) in [6.45, 7) is 1.71. The summed E-state index contributed by atoms with van der Waals surface area (Å²) in [7, 11) is 0. The molecular formula is C12H10F3NO2S. The van der Waals surface area contributed by atoms with Gasteiger partial charge >= 0.3 is 12.1 Å². The monoisotopic (exact) mass is 289 g/mol. The van der Waals surface area contributed by atoms with E-state index in [-0.39, 0.29) is 23.5 Å². The lowest BCUT2D eigenvalue weighted by Crippen LogP contribution is -2.14. The molecule has 19 heavy (non-hydrogen) atoms. The normalized spacial score (nSPS) is 10.9. The summed E-state index contributed by atoms with van der Waals surface area (Å²) < 4.78 is 43.2. The number of thiol groups is 1. The first-order chi connectivity index (χ1) is 8.81. The fourth-order valence-corrected chi connectivity index (χ4v) is 1.88. The number of rotatable bonds is 3. The third-order valence-electron chi connectivity index (χ3n) is 2.31. The Morgan fingerprint density at radius 3 is 2.58 bits per heavy atom. The van der Waals surface area contributed by atoms with Crippen LogP contribution in [0.4, 0.5) is 13.2 Å². The van der Waals surface area contributed by atoms with E-state index in [1.807, 2.05) is 0 Å².